The number of hydrogen-bond donors (Lipinski definition) is 1. The van der Waals surface area contributed by atoms with Crippen LogP contribution >= 0.6 is 23.1 Å². The predicted molar refractivity (Wildman–Crippen MR) is 126 cm³/mol. The molecule has 1 amide bonds. The van der Waals surface area contributed by atoms with Gasteiger partial charge in [0.25, 0.3) is 10.0 Å². The number of sulfonamides is 1. The maximum absolute atomic E-state index is 14.4. The van der Waals surface area contributed by atoms with E-state index in [0.717, 1.165) is 21.4 Å². The summed E-state index contributed by atoms with van der Waals surface area (Å²) >= 11 is 2.69. The van der Waals surface area contributed by atoms with Gasteiger partial charge in [-0.15, -0.1) is 11.3 Å². The van der Waals surface area contributed by atoms with Crippen LogP contribution in [0.25, 0.3) is 0 Å². The lowest BCUT2D eigenvalue weighted by molar-refractivity contribution is -0.119. The molecule has 2 aromatic carbocycles. The van der Waals surface area contributed by atoms with Gasteiger partial charge in [-0.1, -0.05) is 48.0 Å². The highest BCUT2D eigenvalue weighted by molar-refractivity contribution is 7.98. The minimum Gasteiger partial charge on any atom is -0.354 e. The Bertz CT molecular complexity index is 1100. The summed E-state index contributed by atoms with van der Waals surface area (Å²) in [6, 6.07) is 16.8. The van der Waals surface area contributed by atoms with E-state index in [0.29, 0.717) is 12.3 Å². The standard InChI is InChI=1S/C22H23FN2O3S3/c1-17-8-10-18(11-9-17)16-29-14-12-24-21(26)15-25(20-6-3-2-5-19(20)23)31(27,28)22-7-4-13-30-22/h2-11,13H,12,14-16H2,1H3,(H,24,26). The lowest BCUT2D eigenvalue weighted by atomic mass is 10.2. The number of halogens is 1. The van der Waals surface area contributed by atoms with Crippen molar-refractivity contribution in [1.29, 1.82) is 0 Å². The Labute approximate surface area is 190 Å². The summed E-state index contributed by atoms with van der Waals surface area (Å²) in [6.45, 7) is 1.93. The first-order chi connectivity index (χ1) is 14.9. The normalized spacial score (nSPS) is 11.3. The third kappa shape index (κ3) is 6.32. The fraction of sp³-hybridized carbons (Fsp3) is 0.227. The number of nitrogens with one attached hydrogen (secondary N) is 1. The fourth-order valence-corrected chi connectivity index (χ4v) is 6.15. The summed E-state index contributed by atoms with van der Waals surface area (Å²) in [5.74, 6) is 0.310. The van der Waals surface area contributed by atoms with E-state index in [9.17, 15) is 17.6 Å². The minimum atomic E-state index is -4.06. The molecular formula is C22H23FN2O3S3. The van der Waals surface area contributed by atoms with Crippen molar-refractivity contribution in [3.05, 3.63) is 83.0 Å². The minimum absolute atomic E-state index is 0.0530. The number of rotatable bonds is 10. The number of benzene rings is 2. The average Bonchev–Trinajstić information content (AvgIpc) is 3.30. The smallest absolute Gasteiger partial charge is 0.274 e. The molecule has 3 rings (SSSR count). The number of para-hydroxylation sites is 1. The first kappa shape index (κ1) is 23.3. The Kier molecular flexibility index (Phi) is 8.11. The van der Waals surface area contributed by atoms with E-state index in [-0.39, 0.29) is 9.90 Å². The molecule has 0 atom stereocenters. The zero-order valence-electron chi connectivity index (χ0n) is 17.0. The Morgan fingerprint density at radius 1 is 1.10 bits per heavy atom. The van der Waals surface area contributed by atoms with Gasteiger partial charge in [0.2, 0.25) is 5.91 Å². The fourth-order valence-electron chi connectivity index (χ4n) is 2.80. The van der Waals surface area contributed by atoms with Crippen LogP contribution in [0.4, 0.5) is 10.1 Å². The molecule has 1 N–H and O–H groups in total. The van der Waals surface area contributed by atoms with Gasteiger partial charge in [0.15, 0.2) is 0 Å². The van der Waals surface area contributed by atoms with Gasteiger partial charge in [0.1, 0.15) is 16.6 Å². The number of carbonyl (C=O) groups is 1. The number of hydrogen-bond acceptors (Lipinski definition) is 5. The monoisotopic (exact) mass is 478 g/mol. The first-order valence-corrected chi connectivity index (χ1v) is 13.1. The highest BCUT2D eigenvalue weighted by Crippen LogP contribution is 2.28. The van der Waals surface area contributed by atoms with Crippen LogP contribution in [0.1, 0.15) is 11.1 Å². The summed E-state index contributed by atoms with van der Waals surface area (Å²) in [6.07, 6.45) is 0. The van der Waals surface area contributed by atoms with Crippen LogP contribution in [0.5, 0.6) is 0 Å². The number of thiophene rings is 1. The number of nitrogens with zero attached hydrogens (tertiary/aromatic N) is 1. The van der Waals surface area contributed by atoms with Crippen molar-refractivity contribution in [2.24, 2.45) is 0 Å². The molecule has 3 aromatic rings. The van der Waals surface area contributed by atoms with Gasteiger partial charge in [-0.05, 0) is 36.1 Å². The molecule has 31 heavy (non-hydrogen) atoms. The van der Waals surface area contributed by atoms with Gasteiger partial charge >= 0.3 is 0 Å². The van der Waals surface area contributed by atoms with E-state index in [2.05, 4.69) is 29.6 Å². The van der Waals surface area contributed by atoms with Crippen molar-refractivity contribution in [2.45, 2.75) is 16.9 Å². The molecule has 0 aliphatic heterocycles. The van der Waals surface area contributed by atoms with E-state index in [1.165, 1.54) is 41.5 Å². The Morgan fingerprint density at radius 3 is 2.52 bits per heavy atom. The first-order valence-electron chi connectivity index (χ1n) is 9.58. The van der Waals surface area contributed by atoms with Crippen LogP contribution in [0.15, 0.2) is 70.3 Å². The second kappa shape index (κ2) is 10.8. The topological polar surface area (TPSA) is 66.5 Å². The molecule has 0 bridgehead atoms. The molecule has 164 valence electrons. The van der Waals surface area contributed by atoms with Crippen LogP contribution in [-0.4, -0.2) is 33.2 Å². The van der Waals surface area contributed by atoms with Gasteiger partial charge in [-0.2, -0.15) is 11.8 Å². The van der Waals surface area contributed by atoms with Crippen LogP contribution < -0.4 is 9.62 Å². The van der Waals surface area contributed by atoms with Crippen molar-refractivity contribution in [1.82, 2.24) is 5.32 Å². The molecule has 0 saturated heterocycles. The van der Waals surface area contributed by atoms with E-state index in [1.807, 2.05) is 6.92 Å². The maximum Gasteiger partial charge on any atom is 0.274 e. The predicted octanol–water partition coefficient (Wildman–Crippen LogP) is 4.44. The lowest BCUT2D eigenvalue weighted by Crippen LogP contribution is -2.41. The van der Waals surface area contributed by atoms with Gasteiger partial charge in [-0.25, -0.2) is 12.8 Å². The summed E-state index contributed by atoms with van der Waals surface area (Å²) in [4.78, 5) is 12.5. The Morgan fingerprint density at radius 2 is 1.84 bits per heavy atom. The number of aryl methyl sites for hydroxylation is 1. The van der Waals surface area contributed by atoms with Gasteiger partial charge in [-0.3, -0.25) is 9.10 Å². The van der Waals surface area contributed by atoms with Crippen LogP contribution in [-0.2, 0) is 20.6 Å². The molecule has 0 spiro atoms. The Hall–Kier alpha value is -2.36. The highest BCUT2D eigenvalue weighted by atomic mass is 32.2. The molecular weight excluding hydrogens is 455 g/mol. The third-order valence-electron chi connectivity index (χ3n) is 4.41. The molecule has 0 saturated carbocycles. The van der Waals surface area contributed by atoms with Crippen molar-refractivity contribution in [3.8, 4) is 0 Å². The lowest BCUT2D eigenvalue weighted by Gasteiger charge is -2.23. The molecule has 0 aliphatic rings. The van der Waals surface area contributed by atoms with Crippen LogP contribution in [0.3, 0.4) is 0 Å². The van der Waals surface area contributed by atoms with E-state index in [4.69, 9.17) is 0 Å². The van der Waals surface area contributed by atoms with Crippen molar-refractivity contribution in [2.75, 3.05) is 23.1 Å². The van der Waals surface area contributed by atoms with Crippen LogP contribution in [0.2, 0.25) is 0 Å². The molecule has 1 aromatic heterocycles. The number of carbonyl (C=O) groups excluding carboxylic acids is 1. The van der Waals surface area contributed by atoms with Gasteiger partial charge in [0, 0.05) is 18.1 Å². The summed E-state index contributed by atoms with van der Waals surface area (Å²) in [7, 11) is -4.06. The second-order valence-electron chi connectivity index (χ2n) is 6.78. The molecule has 0 unspecified atom stereocenters. The van der Waals surface area contributed by atoms with Crippen LogP contribution in [0, 0.1) is 12.7 Å². The Balaban J connectivity index is 1.60. The molecule has 5 nitrogen and oxygen atoms in total. The van der Waals surface area contributed by atoms with Crippen molar-refractivity contribution in [3.63, 3.8) is 0 Å². The van der Waals surface area contributed by atoms with E-state index in [1.54, 1.807) is 23.2 Å². The molecule has 0 fully saturated rings. The summed E-state index contributed by atoms with van der Waals surface area (Å²) < 4.78 is 41.3. The number of anilines is 1. The van der Waals surface area contributed by atoms with Crippen molar-refractivity contribution >= 4 is 44.7 Å². The zero-order valence-corrected chi connectivity index (χ0v) is 19.4. The number of thioether (sulfide) groups is 1. The highest BCUT2D eigenvalue weighted by Gasteiger charge is 2.29. The third-order valence-corrected chi connectivity index (χ3v) is 8.57. The maximum atomic E-state index is 14.4. The molecule has 1 heterocycles. The largest absolute Gasteiger partial charge is 0.354 e. The summed E-state index contributed by atoms with van der Waals surface area (Å²) in [5.41, 5.74) is 2.26. The molecule has 0 radical (unpaired) electrons. The van der Waals surface area contributed by atoms with Gasteiger partial charge in [0.05, 0.1) is 5.69 Å². The average molecular weight is 479 g/mol. The van der Waals surface area contributed by atoms with E-state index >= 15 is 0 Å². The summed E-state index contributed by atoms with van der Waals surface area (Å²) in [5, 5.41) is 4.35. The quantitative estimate of drug-likeness (QED) is 0.438. The number of amides is 1. The zero-order chi connectivity index (χ0) is 22.3. The SMILES string of the molecule is Cc1ccc(CSCCNC(=O)CN(c2ccccc2F)S(=O)(=O)c2cccs2)cc1. The molecule has 9 heteroatoms. The second-order valence-corrected chi connectivity index (χ2v) is 10.9. The van der Waals surface area contributed by atoms with E-state index < -0.39 is 28.3 Å². The molecule has 0 aliphatic carbocycles. The van der Waals surface area contributed by atoms with Crippen molar-refractivity contribution < 1.29 is 17.6 Å². The van der Waals surface area contributed by atoms with Gasteiger partial charge < -0.3 is 5.32 Å².